The smallest absolute Gasteiger partial charge is 0.123 e. The van der Waals surface area contributed by atoms with Gasteiger partial charge in [-0.15, -0.1) is 10.2 Å². The highest BCUT2D eigenvalue weighted by atomic mass is 15.3. The van der Waals surface area contributed by atoms with E-state index in [0.717, 1.165) is 18.7 Å². The van der Waals surface area contributed by atoms with Crippen LogP contribution in [0, 0.1) is 0 Å². The first-order valence-corrected chi connectivity index (χ1v) is 11.3. The number of hydrogen-bond donors (Lipinski definition) is 1. The molecule has 0 amide bonds. The summed E-state index contributed by atoms with van der Waals surface area (Å²) in [4.78, 5) is 8.62. The van der Waals surface area contributed by atoms with Gasteiger partial charge < -0.3 is 9.88 Å². The predicted molar refractivity (Wildman–Crippen MR) is 124 cm³/mol. The maximum atomic E-state index is 3.92. The molecule has 3 heterocycles. The van der Waals surface area contributed by atoms with Crippen molar-refractivity contribution in [3.8, 4) is 5.69 Å². The van der Waals surface area contributed by atoms with Crippen molar-refractivity contribution in [2.75, 3.05) is 32.7 Å². The van der Waals surface area contributed by atoms with Crippen molar-refractivity contribution in [1.82, 2.24) is 29.5 Å². The maximum Gasteiger partial charge on any atom is 0.123 e. The van der Waals surface area contributed by atoms with Crippen LogP contribution in [0.5, 0.6) is 0 Å². The highest BCUT2D eigenvalue weighted by Crippen LogP contribution is 2.23. The fourth-order valence-corrected chi connectivity index (χ4v) is 4.53. The van der Waals surface area contributed by atoms with Gasteiger partial charge >= 0.3 is 0 Å². The lowest BCUT2D eigenvalue weighted by molar-refractivity contribution is 0.125. The number of nitrogens with zero attached hydrogens (tertiary/aromatic N) is 5. The molecule has 4 aromatic rings. The Morgan fingerprint density at radius 3 is 2.42 bits per heavy atom. The summed E-state index contributed by atoms with van der Waals surface area (Å²) in [6, 6.07) is 17.3. The summed E-state index contributed by atoms with van der Waals surface area (Å²) in [7, 11) is 0. The van der Waals surface area contributed by atoms with Crippen LogP contribution in [0.1, 0.15) is 24.0 Å². The molecule has 0 bridgehead atoms. The van der Waals surface area contributed by atoms with Crippen molar-refractivity contribution in [2.45, 2.75) is 25.8 Å². The van der Waals surface area contributed by atoms with Crippen molar-refractivity contribution in [3.05, 3.63) is 78.5 Å². The Hall–Kier alpha value is -2.96. The number of hydrogen-bond acceptors (Lipinski definition) is 4. The topological polar surface area (TPSA) is 53.0 Å². The van der Waals surface area contributed by atoms with Gasteiger partial charge in [0.25, 0.3) is 0 Å². The molecule has 0 atom stereocenters. The maximum absolute atomic E-state index is 3.92. The Balaban J connectivity index is 1.08. The molecule has 6 heteroatoms. The number of aromatic nitrogens is 4. The van der Waals surface area contributed by atoms with E-state index >= 15 is 0 Å². The van der Waals surface area contributed by atoms with E-state index in [1.165, 1.54) is 67.6 Å². The standard InChI is InChI=1S/C25H30N6/c1-2-6-21(7-3-1)18-30-14-12-29(13-15-30)11-5-4-8-22-17-26-25-10-9-23(16-24(22)25)31-19-27-28-20-31/h1-3,6-7,9-10,16-17,19-20,26H,4-5,8,11-15,18H2. The van der Waals surface area contributed by atoms with Crippen molar-refractivity contribution >= 4 is 10.9 Å². The number of rotatable bonds is 8. The molecule has 0 unspecified atom stereocenters. The van der Waals surface area contributed by atoms with Crippen LogP contribution in [0.15, 0.2) is 67.4 Å². The van der Waals surface area contributed by atoms with E-state index < -0.39 is 0 Å². The highest BCUT2D eigenvalue weighted by Gasteiger charge is 2.16. The van der Waals surface area contributed by atoms with E-state index in [2.05, 4.69) is 79.7 Å². The minimum atomic E-state index is 1.08. The third-order valence-corrected chi connectivity index (χ3v) is 6.35. The summed E-state index contributed by atoms with van der Waals surface area (Å²) in [5.74, 6) is 0. The third-order valence-electron chi connectivity index (χ3n) is 6.35. The first-order chi connectivity index (χ1) is 15.3. The van der Waals surface area contributed by atoms with Crippen molar-refractivity contribution < 1.29 is 0 Å². The molecule has 2 aromatic heterocycles. The summed E-state index contributed by atoms with van der Waals surface area (Å²) >= 11 is 0. The van der Waals surface area contributed by atoms with Gasteiger partial charge in [-0.2, -0.15) is 0 Å². The first kappa shape index (κ1) is 20.0. The van der Waals surface area contributed by atoms with Gasteiger partial charge in [0.05, 0.1) is 0 Å². The Morgan fingerprint density at radius 2 is 1.61 bits per heavy atom. The fraction of sp³-hybridized carbons (Fsp3) is 0.360. The van der Waals surface area contributed by atoms with Crippen LogP contribution < -0.4 is 0 Å². The molecule has 1 fully saturated rings. The molecule has 1 saturated heterocycles. The van der Waals surface area contributed by atoms with Gasteiger partial charge in [0.2, 0.25) is 0 Å². The van der Waals surface area contributed by atoms with Crippen molar-refractivity contribution in [1.29, 1.82) is 0 Å². The molecule has 0 spiro atoms. The summed E-state index contributed by atoms with van der Waals surface area (Å²) in [5, 5.41) is 9.14. The number of piperazine rings is 1. The van der Waals surface area contributed by atoms with E-state index in [9.17, 15) is 0 Å². The van der Waals surface area contributed by atoms with Gasteiger partial charge in [0.1, 0.15) is 12.7 Å². The zero-order valence-corrected chi connectivity index (χ0v) is 18.0. The second-order valence-electron chi connectivity index (χ2n) is 8.47. The van der Waals surface area contributed by atoms with Crippen LogP contribution in [0.2, 0.25) is 0 Å². The van der Waals surface area contributed by atoms with E-state index in [4.69, 9.17) is 0 Å². The van der Waals surface area contributed by atoms with Gasteiger partial charge in [0, 0.05) is 55.5 Å². The van der Waals surface area contributed by atoms with Crippen LogP contribution >= 0.6 is 0 Å². The second-order valence-corrected chi connectivity index (χ2v) is 8.47. The van der Waals surface area contributed by atoms with Crippen LogP contribution in [0.25, 0.3) is 16.6 Å². The Kier molecular flexibility index (Phi) is 6.09. The van der Waals surface area contributed by atoms with Crippen molar-refractivity contribution in [3.63, 3.8) is 0 Å². The minimum absolute atomic E-state index is 1.08. The number of aromatic amines is 1. The second kappa shape index (κ2) is 9.45. The zero-order valence-electron chi connectivity index (χ0n) is 18.0. The van der Waals surface area contributed by atoms with Crippen LogP contribution in [-0.4, -0.2) is 62.3 Å². The number of H-pyrrole nitrogens is 1. The van der Waals surface area contributed by atoms with E-state index in [1.54, 1.807) is 12.7 Å². The van der Waals surface area contributed by atoms with E-state index in [-0.39, 0.29) is 0 Å². The van der Waals surface area contributed by atoms with Gasteiger partial charge in [-0.05, 0) is 55.1 Å². The normalized spacial score (nSPS) is 15.6. The lowest BCUT2D eigenvalue weighted by Gasteiger charge is -2.34. The highest BCUT2D eigenvalue weighted by molar-refractivity contribution is 5.85. The average Bonchev–Trinajstić information content (AvgIpc) is 3.49. The molecule has 0 radical (unpaired) electrons. The number of unbranched alkanes of at least 4 members (excludes halogenated alkanes) is 1. The molecular formula is C25H30N6. The molecule has 1 aliphatic rings. The first-order valence-electron chi connectivity index (χ1n) is 11.3. The van der Waals surface area contributed by atoms with Crippen LogP contribution in [0.4, 0.5) is 0 Å². The van der Waals surface area contributed by atoms with E-state index in [0.29, 0.717) is 0 Å². The number of benzene rings is 2. The third kappa shape index (κ3) is 4.86. The Morgan fingerprint density at radius 1 is 0.839 bits per heavy atom. The molecule has 1 aliphatic heterocycles. The number of aryl methyl sites for hydroxylation is 1. The summed E-state index contributed by atoms with van der Waals surface area (Å²) in [5.41, 5.74) is 5.12. The molecule has 160 valence electrons. The zero-order chi connectivity index (χ0) is 20.9. The summed E-state index contributed by atoms with van der Waals surface area (Å²) in [6.07, 6.45) is 9.23. The molecule has 31 heavy (non-hydrogen) atoms. The fourth-order valence-electron chi connectivity index (χ4n) is 4.53. The van der Waals surface area contributed by atoms with Gasteiger partial charge in [0.15, 0.2) is 0 Å². The largest absolute Gasteiger partial charge is 0.361 e. The predicted octanol–water partition coefficient (Wildman–Crippen LogP) is 3.89. The van der Waals surface area contributed by atoms with Crippen molar-refractivity contribution in [2.24, 2.45) is 0 Å². The Labute approximate surface area is 183 Å². The van der Waals surface area contributed by atoms with Crippen LogP contribution in [-0.2, 0) is 13.0 Å². The lowest BCUT2D eigenvalue weighted by Crippen LogP contribution is -2.46. The quantitative estimate of drug-likeness (QED) is 0.445. The molecule has 0 aliphatic carbocycles. The summed E-state index contributed by atoms with van der Waals surface area (Å²) in [6.45, 7) is 6.98. The number of fused-ring (bicyclic) bond motifs is 1. The average molecular weight is 415 g/mol. The monoisotopic (exact) mass is 414 g/mol. The molecule has 6 nitrogen and oxygen atoms in total. The minimum Gasteiger partial charge on any atom is -0.361 e. The SMILES string of the molecule is c1ccc(CN2CCN(CCCCc3c[nH]c4ccc(-n5cnnc5)cc34)CC2)cc1. The number of nitrogens with one attached hydrogen (secondary N) is 1. The molecule has 0 saturated carbocycles. The molecule has 2 aromatic carbocycles. The molecule has 5 rings (SSSR count). The molecular weight excluding hydrogens is 384 g/mol. The lowest BCUT2D eigenvalue weighted by atomic mass is 10.1. The molecule has 1 N–H and O–H groups in total. The van der Waals surface area contributed by atoms with E-state index in [1.807, 2.05) is 4.57 Å². The van der Waals surface area contributed by atoms with Gasteiger partial charge in [-0.3, -0.25) is 9.47 Å². The van der Waals surface area contributed by atoms with Gasteiger partial charge in [-0.1, -0.05) is 30.3 Å². The van der Waals surface area contributed by atoms with Crippen LogP contribution in [0.3, 0.4) is 0 Å². The Bertz CT molecular complexity index is 1080. The van der Waals surface area contributed by atoms with Gasteiger partial charge in [-0.25, -0.2) is 0 Å². The summed E-state index contributed by atoms with van der Waals surface area (Å²) < 4.78 is 1.95.